The number of amides is 1. The lowest BCUT2D eigenvalue weighted by Crippen LogP contribution is -2.49. The number of aliphatic hydroxyl groups is 5. The van der Waals surface area contributed by atoms with Crippen LogP contribution in [0.1, 0.15) is 70.4 Å². The summed E-state index contributed by atoms with van der Waals surface area (Å²) < 4.78 is 27.5. The van der Waals surface area contributed by atoms with Gasteiger partial charge in [0.15, 0.2) is 5.78 Å². The zero-order chi connectivity index (χ0) is 39.2. The van der Waals surface area contributed by atoms with E-state index in [-0.39, 0.29) is 28.4 Å². The van der Waals surface area contributed by atoms with Crippen LogP contribution in [0.5, 0.6) is 0 Å². The molecule has 1 heterocycles. The molecule has 0 bridgehead atoms. The Morgan fingerprint density at radius 2 is 1.44 bits per heavy atom. The number of carboxylic acids is 1. The fraction of sp³-hybridized carbons (Fsp3) is 0.359. The number of hydrogen-bond donors (Lipinski definition) is 7. The van der Waals surface area contributed by atoms with Gasteiger partial charge in [-0.3, -0.25) is 9.59 Å². The summed E-state index contributed by atoms with van der Waals surface area (Å²) in [5.74, 6) is -1.71. The first-order valence-electron chi connectivity index (χ1n) is 17.5. The van der Waals surface area contributed by atoms with Crippen molar-refractivity contribution in [1.29, 1.82) is 0 Å². The Bertz CT molecular complexity index is 2060. The standard InChI is InChI=1S/C39H44N2O11S2/c1-41(21-31(44)36(46)37(47)32(45)22-42)54(51,52)28-6-4-5-26(19-28)30(43)20-34-35(29-7-2-3-8-33(29)53-34)38(48)40-27-17-13-24(14-18-27)10-9-23-11-15-25(16-12-23)39(49)50/h4-6,11-19,31-32,36-37,42,44-47H,2-3,7-10,20-22H2,1H3,(H,40,48)(H,49,50)/t31-,32+,36+,37+/m0/s1. The molecule has 288 valence electrons. The van der Waals surface area contributed by atoms with E-state index in [1.165, 1.54) is 35.6 Å². The fourth-order valence-corrected chi connectivity index (χ4v) is 8.98. The number of anilines is 1. The lowest BCUT2D eigenvalue weighted by atomic mass is 9.93. The summed E-state index contributed by atoms with van der Waals surface area (Å²) >= 11 is 1.42. The summed E-state index contributed by atoms with van der Waals surface area (Å²) in [6, 6.07) is 19.6. The molecule has 0 aliphatic heterocycles. The van der Waals surface area contributed by atoms with Gasteiger partial charge in [-0.25, -0.2) is 13.2 Å². The van der Waals surface area contributed by atoms with Crippen LogP contribution in [-0.2, 0) is 42.1 Å². The predicted octanol–water partition coefficient (Wildman–Crippen LogP) is 2.84. The van der Waals surface area contributed by atoms with Gasteiger partial charge in [0.05, 0.1) is 28.7 Å². The fourth-order valence-electron chi connectivity index (χ4n) is 6.35. The molecule has 1 amide bonds. The minimum atomic E-state index is -4.30. The SMILES string of the molecule is CN(C[C@H](O)[C@@H](O)[C@H](O)[C@H](O)CO)S(=O)(=O)c1cccc(C(=O)Cc2sc3c(c2C(=O)Nc2ccc(CCc4ccc(C(=O)O)cc4)cc2)CCCC3)c1. The Morgan fingerprint density at radius 3 is 2.07 bits per heavy atom. The van der Waals surface area contributed by atoms with E-state index in [2.05, 4.69) is 5.32 Å². The zero-order valence-electron chi connectivity index (χ0n) is 29.6. The predicted molar refractivity (Wildman–Crippen MR) is 202 cm³/mol. The molecule has 3 aromatic carbocycles. The maximum absolute atomic E-state index is 13.8. The highest BCUT2D eigenvalue weighted by molar-refractivity contribution is 7.89. The highest BCUT2D eigenvalue weighted by Crippen LogP contribution is 2.36. The van der Waals surface area contributed by atoms with Gasteiger partial charge in [0.1, 0.15) is 18.3 Å². The Labute approximate surface area is 317 Å². The number of carbonyl (C=O) groups excluding carboxylic acids is 2. The molecule has 0 spiro atoms. The third-order valence-electron chi connectivity index (χ3n) is 9.54. The first-order chi connectivity index (χ1) is 25.7. The number of Topliss-reactive ketones (excluding diaryl/α,β-unsaturated/α-hetero) is 1. The minimum Gasteiger partial charge on any atom is -0.478 e. The largest absolute Gasteiger partial charge is 0.478 e. The van der Waals surface area contributed by atoms with Crippen LogP contribution >= 0.6 is 11.3 Å². The number of nitrogens with one attached hydrogen (secondary N) is 1. The van der Waals surface area contributed by atoms with Crippen LogP contribution in [0, 0.1) is 0 Å². The monoisotopic (exact) mass is 780 g/mol. The Balaban J connectivity index is 1.27. The minimum absolute atomic E-state index is 0.0951. The van der Waals surface area contributed by atoms with Crippen LogP contribution < -0.4 is 5.32 Å². The number of likely N-dealkylation sites (N-methyl/N-ethyl adjacent to an activating group) is 1. The lowest BCUT2D eigenvalue weighted by Gasteiger charge is -2.28. The van der Waals surface area contributed by atoms with E-state index < -0.39 is 59.3 Å². The van der Waals surface area contributed by atoms with E-state index in [0.717, 1.165) is 58.6 Å². The number of aryl methyl sites for hydroxylation is 3. The third-order valence-corrected chi connectivity index (χ3v) is 12.7. The van der Waals surface area contributed by atoms with Crippen LogP contribution in [0.3, 0.4) is 0 Å². The maximum Gasteiger partial charge on any atom is 0.335 e. The number of carboxylic acid groups (broad SMARTS) is 1. The molecule has 0 radical (unpaired) electrons. The van der Waals surface area contributed by atoms with E-state index in [9.17, 15) is 43.2 Å². The molecule has 7 N–H and O–H groups in total. The number of aliphatic hydroxyl groups excluding tert-OH is 5. The van der Waals surface area contributed by atoms with Crippen molar-refractivity contribution in [3.05, 3.63) is 116 Å². The van der Waals surface area contributed by atoms with Gasteiger partial charge < -0.3 is 36.0 Å². The van der Waals surface area contributed by atoms with Gasteiger partial charge in [-0.15, -0.1) is 11.3 Å². The molecule has 5 rings (SSSR count). The molecular formula is C39H44N2O11S2. The molecule has 0 saturated carbocycles. The first-order valence-corrected chi connectivity index (χ1v) is 19.7. The van der Waals surface area contributed by atoms with Crippen LogP contribution in [0.2, 0.25) is 0 Å². The quantitative estimate of drug-likeness (QED) is 0.0773. The number of hydrogen-bond acceptors (Lipinski definition) is 11. The zero-order valence-corrected chi connectivity index (χ0v) is 31.2. The van der Waals surface area contributed by atoms with Gasteiger partial charge in [-0.05, 0) is 91.6 Å². The molecule has 0 fully saturated rings. The summed E-state index contributed by atoms with van der Waals surface area (Å²) in [5, 5.41) is 61.1. The molecule has 1 aromatic heterocycles. The van der Waals surface area contributed by atoms with E-state index >= 15 is 0 Å². The number of sulfonamides is 1. The van der Waals surface area contributed by atoms with Gasteiger partial charge in [-0.1, -0.05) is 36.4 Å². The number of fused-ring (bicyclic) bond motifs is 1. The summed E-state index contributed by atoms with van der Waals surface area (Å²) in [4.78, 5) is 40.0. The smallest absolute Gasteiger partial charge is 0.335 e. The first kappa shape index (κ1) is 40.9. The summed E-state index contributed by atoms with van der Waals surface area (Å²) in [5.41, 5.74) is 4.34. The van der Waals surface area contributed by atoms with Crippen LogP contribution in [0.4, 0.5) is 5.69 Å². The van der Waals surface area contributed by atoms with Crippen molar-refractivity contribution in [3.8, 4) is 0 Å². The Morgan fingerprint density at radius 1 is 0.833 bits per heavy atom. The number of benzene rings is 3. The molecule has 1 aliphatic rings. The van der Waals surface area contributed by atoms with Crippen molar-refractivity contribution < 1.29 is 53.4 Å². The van der Waals surface area contributed by atoms with Crippen molar-refractivity contribution in [3.63, 3.8) is 0 Å². The molecule has 4 aromatic rings. The van der Waals surface area contributed by atoms with E-state index in [1.54, 1.807) is 24.3 Å². The molecule has 1 aliphatic carbocycles. The molecular weight excluding hydrogens is 737 g/mol. The number of carbonyl (C=O) groups is 3. The molecule has 4 atom stereocenters. The lowest BCUT2D eigenvalue weighted by molar-refractivity contribution is -0.116. The Kier molecular flexibility index (Phi) is 13.5. The van der Waals surface area contributed by atoms with Gasteiger partial charge in [0, 0.05) is 41.0 Å². The summed E-state index contributed by atoms with van der Waals surface area (Å²) in [6.07, 6.45) is -2.78. The van der Waals surface area contributed by atoms with E-state index in [1.807, 2.05) is 24.3 Å². The molecule has 54 heavy (non-hydrogen) atoms. The number of aromatic carboxylic acids is 1. The van der Waals surface area contributed by atoms with Crippen molar-refractivity contribution in [2.75, 3.05) is 25.5 Å². The third kappa shape index (κ3) is 9.67. The summed E-state index contributed by atoms with van der Waals surface area (Å²) in [7, 11) is -3.15. The molecule has 0 saturated heterocycles. The van der Waals surface area contributed by atoms with Gasteiger partial charge >= 0.3 is 5.97 Å². The second kappa shape index (κ2) is 17.9. The average Bonchev–Trinajstić information content (AvgIpc) is 3.54. The van der Waals surface area contributed by atoms with Crippen molar-refractivity contribution in [2.24, 2.45) is 0 Å². The van der Waals surface area contributed by atoms with Crippen LogP contribution in [-0.4, -0.2) is 106 Å². The topological polar surface area (TPSA) is 222 Å². The average molecular weight is 781 g/mol. The normalized spacial score (nSPS) is 15.2. The van der Waals surface area contributed by atoms with Gasteiger partial charge in [-0.2, -0.15) is 4.31 Å². The second-order valence-electron chi connectivity index (χ2n) is 13.4. The summed E-state index contributed by atoms with van der Waals surface area (Å²) in [6.45, 7) is -1.55. The highest BCUT2D eigenvalue weighted by Gasteiger charge is 2.33. The van der Waals surface area contributed by atoms with Gasteiger partial charge in [0.2, 0.25) is 10.0 Å². The molecule has 15 heteroatoms. The molecule has 13 nitrogen and oxygen atoms in total. The van der Waals surface area contributed by atoms with E-state index in [0.29, 0.717) is 29.0 Å². The van der Waals surface area contributed by atoms with Crippen molar-refractivity contribution >= 4 is 44.7 Å². The van der Waals surface area contributed by atoms with Crippen molar-refractivity contribution in [1.82, 2.24) is 4.31 Å². The number of thiophene rings is 1. The van der Waals surface area contributed by atoms with E-state index in [4.69, 9.17) is 10.2 Å². The number of nitrogens with zero attached hydrogens (tertiary/aromatic N) is 1. The van der Waals surface area contributed by atoms with Gasteiger partial charge in [0.25, 0.3) is 5.91 Å². The van der Waals surface area contributed by atoms with Crippen LogP contribution in [0.25, 0.3) is 0 Å². The second-order valence-corrected chi connectivity index (χ2v) is 16.6. The van der Waals surface area contributed by atoms with Crippen molar-refractivity contribution in [2.45, 2.75) is 74.3 Å². The molecule has 0 unspecified atom stereocenters. The maximum atomic E-state index is 13.8. The number of rotatable bonds is 17. The Hall–Kier alpha value is -4.32. The highest BCUT2D eigenvalue weighted by atomic mass is 32.2. The number of ketones is 1. The van der Waals surface area contributed by atoms with Crippen LogP contribution in [0.15, 0.2) is 77.7 Å².